The Bertz CT molecular complexity index is 647. The number of hydrogen-bond donors (Lipinski definition) is 0. The van der Waals surface area contributed by atoms with Crippen LogP contribution >= 0.6 is 0 Å². The molecule has 45 heavy (non-hydrogen) atoms. The van der Waals surface area contributed by atoms with Crippen LogP contribution in [0, 0.1) is 0 Å². The molecule has 0 radical (unpaired) electrons. The number of ketones is 2. The third-order valence-corrected chi connectivity index (χ3v) is 6.03. The number of carboxylic acid groups (broad SMARTS) is 2. The van der Waals surface area contributed by atoms with Gasteiger partial charge in [-0.15, -0.1) is 0 Å². The Kier molecular flexibility index (Phi) is 33.8. The van der Waals surface area contributed by atoms with Crippen molar-refractivity contribution in [2.75, 3.05) is 39.6 Å². The monoisotopic (exact) mass is 724 g/mol. The van der Waals surface area contributed by atoms with Crippen molar-refractivity contribution >= 4 is 23.5 Å². The summed E-state index contributed by atoms with van der Waals surface area (Å²) < 4.78 is 33.2. The standard InChI is InChI=1S/2C16H30O6.Zr/c2*1-4-7-10-20-16(21-11-8-5-2,22-12-9-6-3)14(17)13-15(18)19;/h2*4-13H2,1-3H3,(H,18,19);/q;;+2/p-2. The second kappa shape index (κ2) is 31.5. The van der Waals surface area contributed by atoms with Crippen LogP contribution in [0.2, 0.25) is 0 Å². The van der Waals surface area contributed by atoms with E-state index >= 15 is 0 Å². The Morgan fingerprint density at radius 2 is 0.600 bits per heavy atom. The van der Waals surface area contributed by atoms with E-state index in [0.29, 0.717) is 0 Å². The number of hydrogen-bond acceptors (Lipinski definition) is 12. The van der Waals surface area contributed by atoms with Gasteiger partial charge in [-0.1, -0.05) is 80.1 Å². The van der Waals surface area contributed by atoms with Crippen molar-refractivity contribution in [1.82, 2.24) is 0 Å². The molecule has 0 aromatic heterocycles. The molecule has 0 bridgehead atoms. The topological polar surface area (TPSA) is 170 Å². The van der Waals surface area contributed by atoms with Crippen LogP contribution < -0.4 is 10.2 Å². The summed E-state index contributed by atoms with van der Waals surface area (Å²) in [5, 5.41) is 21.5. The molecule has 0 N–H and O–H groups in total. The van der Waals surface area contributed by atoms with Crippen LogP contribution in [0.25, 0.3) is 0 Å². The summed E-state index contributed by atoms with van der Waals surface area (Å²) in [6.45, 7) is 13.6. The molecule has 0 saturated carbocycles. The van der Waals surface area contributed by atoms with Crippen LogP contribution in [0.15, 0.2) is 0 Å². The van der Waals surface area contributed by atoms with Crippen LogP contribution in [-0.4, -0.2) is 75.1 Å². The van der Waals surface area contributed by atoms with Crippen LogP contribution in [0.3, 0.4) is 0 Å². The Labute approximate surface area is 289 Å². The number of aliphatic carboxylic acids is 2. The molecule has 0 fully saturated rings. The molecular weight excluding hydrogens is 668 g/mol. The normalized spacial score (nSPS) is 11.3. The summed E-state index contributed by atoms with van der Waals surface area (Å²) in [6.07, 6.45) is 8.11. The molecule has 13 heteroatoms. The van der Waals surface area contributed by atoms with E-state index in [4.69, 9.17) is 28.4 Å². The van der Waals surface area contributed by atoms with Gasteiger partial charge in [-0.05, 0) is 38.5 Å². The van der Waals surface area contributed by atoms with E-state index in [1.54, 1.807) is 0 Å². The van der Waals surface area contributed by atoms with Crippen molar-refractivity contribution in [3.05, 3.63) is 0 Å². The molecule has 0 aliphatic carbocycles. The van der Waals surface area contributed by atoms with Gasteiger partial charge >= 0.3 is 38.1 Å². The van der Waals surface area contributed by atoms with Gasteiger partial charge in [0, 0.05) is 11.9 Å². The number of ether oxygens (including phenoxy) is 6. The summed E-state index contributed by atoms with van der Waals surface area (Å²) in [6, 6.07) is 0. The number of Topliss-reactive ketones (excluding diaryl/α,β-unsaturated/α-hetero) is 2. The first-order valence-corrected chi connectivity index (χ1v) is 16.3. The molecule has 0 aromatic rings. The van der Waals surface area contributed by atoms with Gasteiger partial charge in [0.05, 0.1) is 52.5 Å². The Morgan fingerprint density at radius 3 is 0.733 bits per heavy atom. The zero-order chi connectivity index (χ0) is 33.7. The maximum atomic E-state index is 12.3. The third kappa shape index (κ3) is 23.8. The van der Waals surface area contributed by atoms with Crippen LogP contribution in [0.4, 0.5) is 0 Å². The minimum absolute atomic E-state index is 0. The zero-order valence-corrected chi connectivity index (χ0v) is 31.0. The molecule has 0 unspecified atom stereocenters. The summed E-state index contributed by atoms with van der Waals surface area (Å²) in [5.74, 6) is -8.27. The maximum absolute atomic E-state index is 12.3. The van der Waals surface area contributed by atoms with Crippen molar-refractivity contribution in [2.45, 2.75) is 143 Å². The number of carboxylic acids is 2. The Morgan fingerprint density at radius 1 is 0.422 bits per heavy atom. The van der Waals surface area contributed by atoms with Crippen molar-refractivity contribution in [2.24, 2.45) is 0 Å². The Hall–Kier alpha value is -1.08. The first-order chi connectivity index (χ1) is 21.0. The summed E-state index contributed by atoms with van der Waals surface area (Å²) in [7, 11) is 0. The fourth-order valence-corrected chi connectivity index (χ4v) is 3.32. The summed E-state index contributed by atoms with van der Waals surface area (Å²) in [5.41, 5.74) is 0. The molecular formula is C32H58O12Zr. The number of carbonyl (C=O) groups is 4. The van der Waals surface area contributed by atoms with Gasteiger partial charge in [-0.25, -0.2) is 0 Å². The van der Waals surface area contributed by atoms with E-state index in [2.05, 4.69) is 0 Å². The molecule has 0 aromatic carbocycles. The van der Waals surface area contributed by atoms with Crippen LogP contribution in [-0.2, 0) is 73.8 Å². The summed E-state index contributed by atoms with van der Waals surface area (Å²) in [4.78, 5) is 46.0. The minimum Gasteiger partial charge on any atom is -0.550 e. The fourth-order valence-electron chi connectivity index (χ4n) is 3.32. The minimum atomic E-state index is -1.92. The molecule has 0 atom stereocenters. The third-order valence-electron chi connectivity index (χ3n) is 6.03. The average molecular weight is 726 g/mol. The maximum Gasteiger partial charge on any atom is 2.00 e. The van der Waals surface area contributed by atoms with E-state index in [-0.39, 0.29) is 65.8 Å². The molecule has 12 nitrogen and oxygen atoms in total. The smallest absolute Gasteiger partial charge is 0.550 e. The van der Waals surface area contributed by atoms with Gasteiger partial charge in [0.25, 0.3) is 0 Å². The van der Waals surface area contributed by atoms with E-state index in [1.165, 1.54) is 0 Å². The second-order valence-corrected chi connectivity index (χ2v) is 10.3. The van der Waals surface area contributed by atoms with Gasteiger partial charge in [-0.3, -0.25) is 9.59 Å². The van der Waals surface area contributed by atoms with Gasteiger partial charge in [0.15, 0.2) is 0 Å². The van der Waals surface area contributed by atoms with Crippen molar-refractivity contribution in [1.29, 1.82) is 0 Å². The molecule has 0 saturated heterocycles. The molecule has 0 spiro atoms. The van der Waals surface area contributed by atoms with Crippen LogP contribution in [0.1, 0.15) is 131 Å². The first kappa shape index (κ1) is 48.3. The number of rotatable bonds is 30. The van der Waals surface area contributed by atoms with Gasteiger partial charge in [0.1, 0.15) is 0 Å². The summed E-state index contributed by atoms with van der Waals surface area (Å²) >= 11 is 0. The predicted molar refractivity (Wildman–Crippen MR) is 160 cm³/mol. The van der Waals surface area contributed by atoms with Crippen molar-refractivity contribution in [3.63, 3.8) is 0 Å². The quantitative estimate of drug-likeness (QED) is 0.0600. The fraction of sp³-hybridized carbons (Fsp3) is 0.875. The average Bonchev–Trinajstić information content (AvgIpc) is 2.97. The van der Waals surface area contributed by atoms with Crippen molar-refractivity contribution in [3.8, 4) is 0 Å². The van der Waals surface area contributed by atoms with E-state index in [9.17, 15) is 29.4 Å². The van der Waals surface area contributed by atoms with Gasteiger partial charge in [-0.2, -0.15) is 0 Å². The second-order valence-electron chi connectivity index (χ2n) is 10.3. The largest absolute Gasteiger partial charge is 2.00 e. The SMILES string of the molecule is CCCCOC(OCCCC)(OCCCC)C(=O)CC(=O)[O-].CCCCOC(OCCCC)(OCCCC)C(=O)CC(=O)[O-].[Zr+2]. The molecule has 262 valence electrons. The molecule has 0 rings (SSSR count). The molecule has 0 aliphatic heterocycles. The van der Waals surface area contributed by atoms with E-state index in [0.717, 1.165) is 77.0 Å². The van der Waals surface area contributed by atoms with Crippen LogP contribution in [0.5, 0.6) is 0 Å². The molecule has 0 amide bonds. The zero-order valence-electron chi connectivity index (χ0n) is 28.5. The van der Waals surface area contributed by atoms with E-state index < -0.39 is 48.3 Å². The first-order valence-electron chi connectivity index (χ1n) is 16.3. The number of carbonyl (C=O) groups excluding carboxylic acids is 4. The van der Waals surface area contributed by atoms with Gasteiger partial charge < -0.3 is 48.2 Å². The van der Waals surface area contributed by atoms with Gasteiger partial charge in [0.2, 0.25) is 11.6 Å². The van der Waals surface area contributed by atoms with E-state index in [1.807, 2.05) is 41.5 Å². The van der Waals surface area contributed by atoms with Crippen molar-refractivity contribution < 1.29 is 84.0 Å². The molecule has 0 aliphatic rings. The Balaban J connectivity index is -0.000000767. The predicted octanol–water partition coefficient (Wildman–Crippen LogP) is 3.60. The number of unbranched alkanes of at least 4 members (excludes halogenated alkanes) is 6. The molecule has 0 heterocycles.